The number of hydrogen-bond acceptors (Lipinski definition) is 3. The Bertz CT molecular complexity index is 448. The molecule has 90 valence electrons. The average molecular weight is 250 g/mol. The summed E-state index contributed by atoms with van der Waals surface area (Å²) < 4.78 is 0. The van der Waals surface area contributed by atoms with Crippen LogP contribution in [0.25, 0.3) is 0 Å². The summed E-state index contributed by atoms with van der Waals surface area (Å²) in [4.78, 5) is 2.14. The first kappa shape index (κ1) is 12.2. The molecule has 0 heterocycles. The average Bonchev–Trinajstić information content (AvgIpc) is 3.14. The molecule has 1 aromatic rings. The second-order valence-electron chi connectivity index (χ2n) is 4.53. The summed E-state index contributed by atoms with van der Waals surface area (Å²) in [6, 6.07) is 7.82. The van der Waals surface area contributed by atoms with Crippen LogP contribution in [0.5, 0.6) is 0 Å². The zero-order valence-electron chi connectivity index (χ0n) is 9.86. The molecule has 1 aromatic carbocycles. The number of hydrogen-bond donors (Lipinski definition) is 1. The summed E-state index contributed by atoms with van der Waals surface area (Å²) in [6.45, 7) is 0.636. The van der Waals surface area contributed by atoms with Crippen molar-refractivity contribution in [3.63, 3.8) is 0 Å². The molecule has 2 N–H and O–H groups in total. The SMILES string of the molecule is CN(c1ccc(C#N)cc1Cl)C(CN)C1CC1. The molecule has 1 atom stereocenters. The third-order valence-corrected chi connectivity index (χ3v) is 3.66. The fraction of sp³-hybridized carbons (Fsp3) is 0.462. The molecule has 1 saturated carbocycles. The highest BCUT2D eigenvalue weighted by molar-refractivity contribution is 6.33. The largest absolute Gasteiger partial charge is 0.369 e. The Kier molecular flexibility index (Phi) is 3.56. The first-order valence-electron chi connectivity index (χ1n) is 5.80. The van der Waals surface area contributed by atoms with Gasteiger partial charge >= 0.3 is 0 Å². The lowest BCUT2D eigenvalue weighted by atomic mass is 10.1. The van der Waals surface area contributed by atoms with Crippen LogP contribution in [0.2, 0.25) is 5.02 Å². The lowest BCUT2D eigenvalue weighted by Gasteiger charge is -2.30. The predicted molar refractivity (Wildman–Crippen MR) is 70.1 cm³/mol. The van der Waals surface area contributed by atoms with Gasteiger partial charge in [-0.2, -0.15) is 5.26 Å². The molecule has 1 unspecified atom stereocenters. The number of nitrogens with zero attached hydrogens (tertiary/aromatic N) is 2. The molecule has 3 nitrogen and oxygen atoms in total. The molecule has 17 heavy (non-hydrogen) atoms. The highest BCUT2D eigenvalue weighted by Gasteiger charge is 2.33. The first-order valence-corrected chi connectivity index (χ1v) is 6.17. The highest BCUT2D eigenvalue weighted by atomic mass is 35.5. The topological polar surface area (TPSA) is 53.0 Å². The van der Waals surface area contributed by atoms with Crippen molar-refractivity contribution in [1.82, 2.24) is 0 Å². The van der Waals surface area contributed by atoms with Crippen molar-refractivity contribution in [2.45, 2.75) is 18.9 Å². The maximum atomic E-state index is 8.80. The lowest BCUT2D eigenvalue weighted by molar-refractivity contribution is 0.571. The molecular weight excluding hydrogens is 234 g/mol. The van der Waals surface area contributed by atoms with Crippen LogP contribution in [0.1, 0.15) is 18.4 Å². The highest BCUT2D eigenvalue weighted by Crippen LogP contribution is 2.37. The van der Waals surface area contributed by atoms with Crippen LogP contribution in [0.3, 0.4) is 0 Å². The third kappa shape index (κ3) is 2.54. The maximum Gasteiger partial charge on any atom is 0.0992 e. The van der Waals surface area contributed by atoms with Gasteiger partial charge in [0.2, 0.25) is 0 Å². The Hall–Kier alpha value is -1.24. The Morgan fingerprint density at radius 3 is 2.76 bits per heavy atom. The standard InChI is InChI=1S/C13H16ClN3/c1-17(13(8-16)10-3-4-10)12-5-2-9(7-15)6-11(12)14/h2,5-6,10,13H,3-4,8,16H2,1H3. The van der Waals surface area contributed by atoms with Gasteiger partial charge in [0.15, 0.2) is 0 Å². The summed E-state index contributed by atoms with van der Waals surface area (Å²) in [6.07, 6.45) is 2.50. The molecule has 2 rings (SSSR count). The van der Waals surface area contributed by atoms with E-state index in [0.717, 1.165) is 5.69 Å². The van der Waals surface area contributed by atoms with E-state index in [1.54, 1.807) is 12.1 Å². The minimum atomic E-state index is 0.348. The number of nitriles is 1. The first-order chi connectivity index (χ1) is 8.17. The van der Waals surface area contributed by atoms with Gasteiger partial charge in [0, 0.05) is 19.6 Å². The molecule has 0 aromatic heterocycles. The summed E-state index contributed by atoms with van der Waals surface area (Å²) in [5.41, 5.74) is 7.36. The van der Waals surface area contributed by atoms with E-state index in [1.807, 2.05) is 13.1 Å². The van der Waals surface area contributed by atoms with Crippen molar-refractivity contribution in [3.05, 3.63) is 28.8 Å². The number of nitrogens with two attached hydrogens (primary N) is 1. The van der Waals surface area contributed by atoms with E-state index in [1.165, 1.54) is 12.8 Å². The van der Waals surface area contributed by atoms with Crippen LogP contribution in [0.4, 0.5) is 5.69 Å². The fourth-order valence-corrected chi connectivity index (χ4v) is 2.50. The van der Waals surface area contributed by atoms with E-state index >= 15 is 0 Å². The molecule has 0 radical (unpaired) electrons. The van der Waals surface area contributed by atoms with Gasteiger partial charge < -0.3 is 10.6 Å². The second kappa shape index (κ2) is 4.95. The summed E-state index contributed by atoms with van der Waals surface area (Å²) >= 11 is 6.20. The van der Waals surface area contributed by atoms with Crippen molar-refractivity contribution in [2.75, 3.05) is 18.5 Å². The Morgan fingerprint density at radius 2 is 2.29 bits per heavy atom. The van der Waals surface area contributed by atoms with Crippen LogP contribution >= 0.6 is 11.6 Å². The Morgan fingerprint density at radius 1 is 1.59 bits per heavy atom. The molecule has 4 heteroatoms. The van der Waals surface area contributed by atoms with Gasteiger partial charge in [0.05, 0.1) is 22.3 Å². The van der Waals surface area contributed by atoms with Crippen LogP contribution in [0.15, 0.2) is 18.2 Å². The van der Waals surface area contributed by atoms with E-state index in [9.17, 15) is 0 Å². The van der Waals surface area contributed by atoms with E-state index in [0.29, 0.717) is 29.1 Å². The van der Waals surface area contributed by atoms with Crippen molar-refractivity contribution in [1.29, 1.82) is 5.26 Å². The normalized spacial score (nSPS) is 16.4. The Balaban J connectivity index is 2.23. The zero-order valence-corrected chi connectivity index (χ0v) is 10.6. The van der Waals surface area contributed by atoms with Gasteiger partial charge in [0.25, 0.3) is 0 Å². The van der Waals surface area contributed by atoms with Crippen LogP contribution < -0.4 is 10.6 Å². The number of rotatable bonds is 4. The van der Waals surface area contributed by atoms with Gasteiger partial charge in [-0.05, 0) is 37.0 Å². The van der Waals surface area contributed by atoms with Crippen molar-refractivity contribution in [3.8, 4) is 6.07 Å². The zero-order chi connectivity index (χ0) is 12.4. The summed E-state index contributed by atoms with van der Waals surface area (Å²) in [5, 5.41) is 9.42. The number of benzene rings is 1. The van der Waals surface area contributed by atoms with Gasteiger partial charge in [-0.15, -0.1) is 0 Å². The fourth-order valence-electron chi connectivity index (χ4n) is 2.19. The number of anilines is 1. The molecular formula is C13H16ClN3. The molecule has 0 spiro atoms. The van der Waals surface area contributed by atoms with E-state index < -0.39 is 0 Å². The molecule has 0 saturated heterocycles. The predicted octanol–water partition coefficient (Wildman–Crippen LogP) is 2.39. The van der Waals surface area contributed by atoms with Gasteiger partial charge in [-0.25, -0.2) is 0 Å². The van der Waals surface area contributed by atoms with Crippen molar-refractivity contribution < 1.29 is 0 Å². The molecule has 0 aliphatic heterocycles. The maximum absolute atomic E-state index is 8.80. The molecule has 0 bridgehead atoms. The molecule has 1 fully saturated rings. The van der Waals surface area contributed by atoms with Crippen LogP contribution in [-0.2, 0) is 0 Å². The number of likely N-dealkylation sites (N-methyl/N-ethyl adjacent to an activating group) is 1. The molecule has 1 aliphatic carbocycles. The van der Waals surface area contributed by atoms with Crippen LogP contribution in [0, 0.1) is 17.2 Å². The minimum absolute atomic E-state index is 0.348. The molecule has 0 amide bonds. The Labute approximate surface area is 107 Å². The summed E-state index contributed by atoms with van der Waals surface area (Å²) in [7, 11) is 2.02. The van der Waals surface area contributed by atoms with E-state index in [4.69, 9.17) is 22.6 Å². The minimum Gasteiger partial charge on any atom is -0.369 e. The lowest BCUT2D eigenvalue weighted by Crippen LogP contribution is -2.39. The quantitative estimate of drug-likeness (QED) is 0.892. The van der Waals surface area contributed by atoms with Gasteiger partial charge in [-0.3, -0.25) is 0 Å². The second-order valence-corrected chi connectivity index (χ2v) is 4.94. The van der Waals surface area contributed by atoms with E-state index in [-0.39, 0.29) is 0 Å². The summed E-state index contributed by atoms with van der Waals surface area (Å²) in [5.74, 6) is 0.691. The smallest absolute Gasteiger partial charge is 0.0992 e. The van der Waals surface area contributed by atoms with Crippen molar-refractivity contribution in [2.24, 2.45) is 11.7 Å². The van der Waals surface area contributed by atoms with Gasteiger partial charge in [0.1, 0.15) is 0 Å². The third-order valence-electron chi connectivity index (χ3n) is 3.36. The number of halogens is 1. The van der Waals surface area contributed by atoms with E-state index in [2.05, 4.69) is 11.0 Å². The van der Waals surface area contributed by atoms with Gasteiger partial charge in [-0.1, -0.05) is 11.6 Å². The monoisotopic (exact) mass is 249 g/mol. The van der Waals surface area contributed by atoms with Crippen LogP contribution in [-0.4, -0.2) is 19.6 Å². The molecule has 1 aliphatic rings. The van der Waals surface area contributed by atoms with Crippen molar-refractivity contribution >= 4 is 17.3 Å².